The molecule has 4 rings (SSSR count). The maximum atomic E-state index is 12.9. The molecule has 0 aliphatic rings. The van der Waals surface area contributed by atoms with Crippen molar-refractivity contribution in [2.24, 2.45) is 0 Å². The molecule has 0 fully saturated rings. The van der Waals surface area contributed by atoms with Crippen LogP contribution in [-0.2, 0) is 23.9 Å². The first-order valence-electron chi connectivity index (χ1n) is 9.66. The average Bonchev–Trinajstić information content (AvgIpc) is 3.24. The van der Waals surface area contributed by atoms with E-state index in [2.05, 4.69) is 10.1 Å². The van der Waals surface area contributed by atoms with Gasteiger partial charge >= 0.3 is 12.1 Å². The lowest BCUT2D eigenvalue weighted by atomic mass is 10.1. The van der Waals surface area contributed by atoms with Crippen molar-refractivity contribution in [3.63, 3.8) is 0 Å². The fourth-order valence-electron chi connectivity index (χ4n) is 3.72. The molecule has 5 nitrogen and oxygen atoms in total. The number of fused-ring (bicyclic) bond motifs is 1. The van der Waals surface area contributed by atoms with E-state index in [1.54, 1.807) is 11.6 Å². The highest BCUT2D eigenvalue weighted by molar-refractivity contribution is 5.86. The zero-order valence-electron chi connectivity index (χ0n) is 16.9. The van der Waals surface area contributed by atoms with Crippen LogP contribution in [0.5, 0.6) is 0 Å². The molecule has 2 aromatic heterocycles. The van der Waals surface area contributed by atoms with Crippen molar-refractivity contribution < 1.29 is 23.1 Å². The summed E-state index contributed by atoms with van der Waals surface area (Å²) in [6.45, 7) is 4.14. The summed E-state index contributed by atoms with van der Waals surface area (Å²) in [6.07, 6.45) is -4.44. The lowest BCUT2D eigenvalue weighted by Gasteiger charge is -2.07. The van der Waals surface area contributed by atoms with Gasteiger partial charge < -0.3 is 10.1 Å². The van der Waals surface area contributed by atoms with Gasteiger partial charge in [-0.2, -0.15) is 18.3 Å². The van der Waals surface area contributed by atoms with Crippen LogP contribution in [0.4, 0.5) is 13.2 Å². The lowest BCUT2D eigenvalue weighted by molar-refractivity contribution is -0.138. The van der Waals surface area contributed by atoms with E-state index in [4.69, 9.17) is 5.11 Å². The number of carbonyl (C=O) groups is 1. The van der Waals surface area contributed by atoms with Gasteiger partial charge in [0.2, 0.25) is 0 Å². The van der Waals surface area contributed by atoms with Crippen LogP contribution < -0.4 is 0 Å². The van der Waals surface area contributed by atoms with Crippen molar-refractivity contribution in [2.75, 3.05) is 0 Å². The molecule has 0 aliphatic carbocycles. The molecule has 0 radical (unpaired) electrons. The van der Waals surface area contributed by atoms with Gasteiger partial charge in [-0.25, -0.2) is 0 Å². The topological polar surface area (TPSA) is 70.9 Å². The minimum atomic E-state index is -4.38. The summed E-state index contributed by atoms with van der Waals surface area (Å²) < 4.78 is 40.6. The van der Waals surface area contributed by atoms with E-state index in [-0.39, 0.29) is 6.42 Å². The predicted molar refractivity (Wildman–Crippen MR) is 111 cm³/mol. The highest BCUT2D eigenvalue weighted by Crippen LogP contribution is 2.33. The fraction of sp³-hybridized carbons (Fsp3) is 0.217. The van der Waals surface area contributed by atoms with Gasteiger partial charge in [0.05, 0.1) is 24.2 Å². The number of aromatic amines is 1. The minimum absolute atomic E-state index is 0.0625. The van der Waals surface area contributed by atoms with Crippen LogP contribution in [0.1, 0.15) is 28.1 Å². The number of carboxylic acids is 1. The second-order valence-electron chi connectivity index (χ2n) is 7.56. The van der Waals surface area contributed by atoms with Crippen molar-refractivity contribution in [1.82, 2.24) is 14.8 Å². The second kappa shape index (κ2) is 7.61. The SMILES string of the molecule is Cc1nn(Cc2ccc(-c3cc4ccc(C(F)(F)F)cc4[nH]3)cc2)c(C)c1CC(=O)O. The molecule has 0 unspecified atom stereocenters. The Morgan fingerprint density at radius 3 is 2.45 bits per heavy atom. The zero-order chi connectivity index (χ0) is 22.3. The molecule has 0 saturated heterocycles. The van der Waals surface area contributed by atoms with Gasteiger partial charge in [0, 0.05) is 27.9 Å². The molecule has 31 heavy (non-hydrogen) atoms. The molecule has 0 atom stereocenters. The number of nitrogens with zero attached hydrogens (tertiary/aromatic N) is 2. The second-order valence-corrected chi connectivity index (χ2v) is 7.56. The van der Waals surface area contributed by atoms with Crippen LogP contribution in [0.25, 0.3) is 22.2 Å². The summed E-state index contributed by atoms with van der Waals surface area (Å²) in [4.78, 5) is 14.1. The monoisotopic (exact) mass is 427 g/mol. The number of carboxylic acid groups (broad SMARTS) is 1. The zero-order valence-corrected chi connectivity index (χ0v) is 16.9. The van der Waals surface area contributed by atoms with Crippen molar-refractivity contribution in [3.05, 3.63) is 76.6 Å². The van der Waals surface area contributed by atoms with E-state index in [1.165, 1.54) is 6.07 Å². The Morgan fingerprint density at radius 2 is 1.81 bits per heavy atom. The van der Waals surface area contributed by atoms with Gasteiger partial charge in [-0.05, 0) is 43.2 Å². The summed E-state index contributed by atoms with van der Waals surface area (Å²) in [5, 5.41) is 14.2. The van der Waals surface area contributed by atoms with Crippen molar-refractivity contribution in [1.29, 1.82) is 0 Å². The van der Waals surface area contributed by atoms with Gasteiger partial charge in [-0.15, -0.1) is 0 Å². The quantitative estimate of drug-likeness (QED) is 0.452. The third-order valence-electron chi connectivity index (χ3n) is 5.41. The maximum absolute atomic E-state index is 12.9. The lowest BCUT2D eigenvalue weighted by Crippen LogP contribution is -2.06. The van der Waals surface area contributed by atoms with Crippen LogP contribution >= 0.6 is 0 Å². The normalized spacial score (nSPS) is 11.9. The van der Waals surface area contributed by atoms with Crippen molar-refractivity contribution in [2.45, 2.75) is 33.0 Å². The number of nitrogens with one attached hydrogen (secondary N) is 1. The van der Waals surface area contributed by atoms with E-state index < -0.39 is 17.7 Å². The van der Waals surface area contributed by atoms with Crippen LogP contribution in [-0.4, -0.2) is 25.8 Å². The van der Waals surface area contributed by atoms with E-state index in [0.717, 1.165) is 40.2 Å². The number of halogens is 3. The molecule has 160 valence electrons. The Labute approximate surface area is 176 Å². The number of aromatic nitrogens is 3. The number of benzene rings is 2. The Morgan fingerprint density at radius 1 is 1.10 bits per heavy atom. The molecule has 0 saturated carbocycles. The molecule has 0 amide bonds. The van der Waals surface area contributed by atoms with Gasteiger partial charge in [0.15, 0.2) is 0 Å². The van der Waals surface area contributed by atoms with Gasteiger partial charge in [-0.1, -0.05) is 30.3 Å². The molecular weight excluding hydrogens is 407 g/mol. The Balaban J connectivity index is 1.57. The first-order valence-corrected chi connectivity index (χ1v) is 9.66. The summed E-state index contributed by atoms with van der Waals surface area (Å²) in [5.41, 5.74) is 4.56. The number of aliphatic carboxylic acids is 1. The smallest absolute Gasteiger partial charge is 0.416 e. The van der Waals surface area contributed by atoms with Crippen LogP contribution in [0.2, 0.25) is 0 Å². The van der Waals surface area contributed by atoms with Crippen LogP contribution in [0.3, 0.4) is 0 Å². The standard InChI is InChI=1S/C23H20F3N3O2/c1-13-19(11-22(30)31)14(2)29(28-13)12-15-3-5-16(6-4-15)20-9-17-7-8-18(23(24,25)26)10-21(17)27-20/h3-10,27H,11-12H2,1-2H3,(H,30,31). The number of alkyl halides is 3. The molecule has 2 heterocycles. The molecule has 0 aliphatic heterocycles. The van der Waals surface area contributed by atoms with Crippen LogP contribution in [0, 0.1) is 13.8 Å². The minimum Gasteiger partial charge on any atom is -0.481 e. The van der Waals surface area contributed by atoms with Crippen molar-refractivity contribution >= 4 is 16.9 Å². The molecule has 0 bridgehead atoms. The van der Waals surface area contributed by atoms with Gasteiger partial charge in [0.25, 0.3) is 0 Å². The third-order valence-corrected chi connectivity index (χ3v) is 5.41. The molecule has 4 aromatic rings. The highest BCUT2D eigenvalue weighted by atomic mass is 19.4. The number of H-pyrrole nitrogens is 1. The first kappa shape index (κ1) is 20.7. The summed E-state index contributed by atoms with van der Waals surface area (Å²) in [6, 6.07) is 13.1. The largest absolute Gasteiger partial charge is 0.481 e. The van der Waals surface area contributed by atoms with Crippen molar-refractivity contribution in [3.8, 4) is 11.3 Å². The van der Waals surface area contributed by atoms with E-state index >= 15 is 0 Å². The highest BCUT2D eigenvalue weighted by Gasteiger charge is 2.30. The molecular formula is C23H20F3N3O2. The molecule has 2 N–H and O–H groups in total. The summed E-state index contributed by atoms with van der Waals surface area (Å²) in [7, 11) is 0. The van der Waals surface area contributed by atoms with Gasteiger partial charge in [-0.3, -0.25) is 9.48 Å². The van der Waals surface area contributed by atoms with E-state index in [0.29, 0.717) is 23.1 Å². The Kier molecular flexibility index (Phi) is 5.08. The fourth-order valence-corrected chi connectivity index (χ4v) is 3.72. The number of hydrogen-bond donors (Lipinski definition) is 2. The maximum Gasteiger partial charge on any atom is 0.416 e. The van der Waals surface area contributed by atoms with E-state index in [9.17, 15) is 18.0 Å². The number of aryl methyl sites for hydroxylation is 1. The molecule has 0 spiro atoms. The summed E-state index contributed by atoms with van der Waals surface area (Å²) >= 11 is 0. The predicted octanol–water partition coefficient (Wildman–Crippen LogP) is 5.34. The first-order chi connectivity index (χ1) is 14.6. The number of hydrogen-bond acceptors (Lipinski definition) is 2. The number of rotatable bonds is 5. The average molecular weight is 427 g/mol. The third kappa shape index (κ3) is 4.19. The molecule has 8 heteroatoms. The Hall–Kier alpha value is -3.55. The van der Waals surface area contributed by atoms with E-state index in [1.807, 2.05) is 37.3 Å². The van der Waals surface area contributed by atoms with Crippen LogP contribution in [0.15, 0.2) is 48.5 Å². The molecule has 2 aromatic carbocycles. The Bertz CT molecular complexity index is 1270. The van der Waals surface area contributed by atoms with Gasteiger partial charge in [0.1, 0.15) is 0 Å². The summed E-state index contributed by atoms with van der Waals surface area (Å²) in [5.74, 6) is -0.893.